The maximum absolute atomic E-state index is 12.7. The highest BCUT2D eigenvalue weighted by Gasteiger charge is 2.20. The van der Waals surface area contributed by atoms with Gasteiger partial charge < -0.3 is 9.72 Å². The summed E-state index contributed by atoms with van der Waals surface area (Å²) in [4.78, 5) is 22.1. The number of fused-ring (bicyclic) bond motifs is 3. The Bertz CT molecular complexity index is 1220. The van der Waals surface area contributed by atoms with E-state index in [2.05, 4.69) is 22.0 Å². The van der Waals surface area contributed by atoms with Crippen LogP contribution in [0.15, 0.2) is 29.1 Å². The molecule has 6 heteroatoms. The minimum absolute atomic E-state index is 0.133. The Hall–Kier alpha value is -3.35. The molecule has 0 saturated carbocycles. The molecule has 0 radical (unpaired) electrons. The third kappa shape index (κ3) is 3.31. The van der Waals surface area contributed by atoms with Gasteiger partial charge >= 0.3 is 0 Å². The fraction of sp³-hybridized carbons (Fsp3) is 0.227. The topological polar surface area (TPSA) is 78.8 Å². The molecule has 1 aliphatic rings. The van der Waals surface area contributed by atoms with Gasteiger partial charge in [0.15, 0.2) is 5.82 Å². The Labute approximate surface area is 166 Å². The van der Waals surface area contributed by atoms with E-state index in [0.717, 1.165) is 31.2 Å². The average molecular weight is 387 g/mol. The Morgan fingerprint density at radius 1 is 1.36 bits per heavy atom. The van der Waals surface area contributed by atoms with Gasteiger partial charge in [-0.05, 0) is 43.4 Å². The SMILES string of the molecule is C#CCOc1ccccc1/C=C(\C#N)c1nc2sc3c(c2c(=O)[nH]1)CCCC3. The van der Waals surface area contributed by atoms with Crippen LogP contribution >= 0.6 is 11.3 Å². The van der Waals surface area contributed by atoms with Gasteiger partial charge in [-0.25, -0.2) is 4.98 Å². The molecule has 0 fully saturated rings. The molecule has 0 saturated heterocycles. The molecule has 2 heterocycles. The van der Waals surface area contributed by atoms with Crippen molar-refractivity contribution in [2.45, 2.75) is 25.7 Å². The number of ether oxygens (including phenoxy) is 1. The quantitative estimate of drug-likeness (QED) is 0.543. The lowest BCUT2D eigenvalue weighted by molar-refractivity contribution is 0.369. The van der Waals surface area contributed by atoms with Gasteiger partial charge in [-0.15, -0.1) is 17.8 Å². The normalized spacial score (nSPS) is 13.6. The Kier molecular flexibility index (Phi) is 4.97. The fourth-order valence-electron chi connectivity index (χ4n) is 3.45. The van der Waals surface area contributed by atoms with Gasteiger partial charge in [-0.2, -0.15) is 5.26 Å². The van der Waals surface area contributed by atoms with Crippen molar-refractivity contribution in [1.82, 2.24) is 9.97 Å². The number of nitriles is 1. The zero-order valence-corrected chi connectivity index (χ0v) is 15.9. The summed E-state index contributed by atoms with van der Waals surface area (Å²) in [5, 5.41) is 10.4. The smallest absolute Gasteiger partial charge is 0.260 e. The second-order valence-electron chi connectivity index (χ2n) is 6.51. The zero-order valence-electron chi connectivity index (χ0n) is 15.1. The molecule has 3 aromatic rings. The highest BCUT2D eigenvalue weighted by Crippen LogP contribution is 2.34. The molecule has 2 aromatic heterocycles. The van der Waals surface area contributed by atoms with E-state index in [0.29, 0.717) is 21.5 Å². The summed E-state index contributed by atoms with van der Waals surface area (Å²) in [6.07, 6.45) is 11.1. The Morgan fingerprint density at radius 2 is 2.18 bits per heavy atom. The van der Waals surface area contributed by atoms with Crippen LogP contribution < -0.4 is 10.3 Å². The number of aromatic nitrogens is 2. The second-order valence-corrected chi connectivity index (χ2v) is 7.59. The number of nitrogens with one attached hydrogen (secondary N) is 1. The summed E-state index contributed by atoms with van der Waals surface area (Å²) < 4.78 is 5.54. The molecular weight excluding hydrogens is 370 g/mol. The molecule has 0 aliphatic heterocycles. The Balaban J connectivity index is 1.80. The van der Waals surface area contributed by atoms with Crippen molar-refractivity contribution < 1.29 is 4.74 Å². The lowest BCUT2D eigenvalue weighted by Gasteiger charge is -2.09. The van der Waals surface area contributed by atoms with E-state index in [-0.39, 0.29) is 23.6 Å². The summed E-state index contributed by atoms with van der Waals surface area (Å²) in [7, 11) is 0. The van der Waals surface area contributed by atoms with Gasteiger partial charge in [0.1, 0.15) is 23.3 Å². The Morgan fingerprint density at radius 3 is 3.00 bits per heavy atom. The minimum atomic E-state index is -0.183. The van der Waals surface area contributed by atoms with Crippen LogP contribution in [0.2, 0.25) is 0 Å². The number of allylic oxidation sites excluding steroid dienone is 1. The van der Waals surface area contributed by atoms with Crippen molar-refractivity contribution >= 4 is 33.2 Å². The number of terminal acetylenes is 1. The molecule has 5 nitrogen and oxygen atoms in total. The number of thiophene rings is 1. The third-order valence-corrected chi connectivity index (χ3v) is 5.92. The van der Waals surface area contributed by atoms with Crippen molar-refractivity contribution in [3.8, 4) is 24.2 Å². The number of nitrogens with zero attached hydrogens (tertiary/aromatic N) is 2. The van der Waals surface area contributed by atoms with Crippen molar-refractivity contribution in [3.05, 3.63) is 56.4 Å². The molecule has 0 unspecified atom stereocenters. The number of hydrogen-bond donors (Lipinski definition) is 1. The first kappa shape index (κ1) is 18.0. The summed E-state index contributed by atoms with van der Waals surface area (Å²) in [5.41, 5.74) is 1.91. The molecule has 1 aromatic carbocycles. The van der Waals surface area contributed by atoms with Crippen LogP contribution in [0.25, 0.3) is 21.9 Å². The van der Waals surface area contributed by atoms with E-state index < -0.39 is 0 Å². The molecule has 4 rings (SSSR count). The molecule has 28 heavy (non-hydrogen) atoms. The standard InChI is InChI=1S/C22H17N3O2S/c1-2-11-27-17-9-5-3-7-14(17)12-15(13-23)20-24-21(26)19-16-8-4-6-10-18(16)28-22(19)25-20/h1,3,5,7,9,12H,4,6,8,10-11H2,(H,24,25,26)/b15-12+. The first-order valence-corrected chi connectivity index (χ1v) is 9.85. The monoisotopic (exact) mass is 387 g/mol. The van der Waals surface area contributed by atoms with Crippen molar-refractivity contribution in [3.63, 3.8) is 0 Å². The van der Waals surface area contributed by atoms with Crippen molar-refractivity contribution in [1.29, 1.82) is 5.26 Å². The first-order chi connectivity index (χ1) is 13.7. The lowest BCUT2D eigenvalue weighted by Crippen LogP contribution is -2.12. The van der Waals surface area contributed by atoms with Crippen LogP contribution in [0.5, 0.6) is 5.75 Å². The van der Waals surface area contributed by atoms with E-state index >= 15 is 0 Å². The molecule has 0 spiro atoms. The summed E-state index contributed by atoms with van der Waals surface area (Å²) in [6, 6.07) is 9.42. The van der Waals surface area contributed by atoms with Crippen LogP contribution in [0.3, 0.4) is 0 Å². The van der Waals surface area contributed by atoms with Gasteiger partial charge in [0, 0.05) is 10.4 Å². The number of rotatable bonds is 4. The van der Waals surface area contributed by atoms with Crippen LogP contribution in [0, 0.1) is 23.7 Å². The molecular formula is C22H17N3O2S. The number of aromatic amines is 1. The maximum Gasteiger partial charge on any atom is 0.260 e. The van der Waals surface area contributed by atoms with Crippen LogP contribution in [-0.4, -0.2) is 16.6 Å². The number of H-pyrrole nitrogens is 1. The first-order valence-electron chi connectivity index (χ1n) is 9.03. The van der Waals surface area contributed by atoms with Gasteiger partial charge in [0.05, 0.1) is 11.0 Å². The van der Waals surface area contributed by atoms with E-state index in [9.17, 15) is 10.1 Å². The highest BCUT2D eigenvalue weighted by molar-refractivity contribution is 7.18. The van der Waals surface area contributed by atoms with Gasteiger partial charge in [0.2, 0.25) is 0 Å². The van der Waals surface area contributed by atoms with Crippen LogP contribution in [0.4, 0.5) is 0 Å². The molecule has 0 atom stereocenters. The van der Waals surface area contributed by atoms with Crippen LogP contribution in [-0.2, 0) is 12.8 Å². The van der Waals surface area contributed by atoms with E-state index in [1.165, 1.54) is 4.88 Å². The maximum atomic E-state index is 12.7. The number of hydrogen-bond acceptors (Lipinski definition) is 5. The zero-order chi connectivity index (χ0) is 19.5. The van der Waals surface area contributed by atoms with E-state index in [1.807, 2.05) is 18.2 Å². The average Bonchev–Trinajstić information content (AvgIpc) is 3.10. The van der Waals surface area contributed by atoms with Crippen molar-refractivity contribution in [2.75, 3.05) is 6.61 Å². The fourth-order valence-corrected chi connectivity index (χ4v) is 4.71. The second kappa shape index (κ2) is 7.72. The van der Waals surface area contributed by atoms with E-state index in [1.54, 1.807) is 23.5 Å². The molecule has 138 valence electrons. The van der Waals surface area contributed by atoms with Crippen molar-refractivity contribution in [2.24, 2.45) is 0 Å². The number of aryl methyl sites for hydroxylation is 2. The summed E-state index contributed by atoms with van der Waals surface area (Å²) >= 11 is 1.56. The largest absolute Gasteiger partial charge is 0.480 e. The third-order valence-electron chi connectivity index (χ3n) is 4.73. The predicted molar refractivity (Wildman–Crippen MR) is 111 cm³/mol. The molecule has 0 bridgehead atoms. The minimum Gasteiger partial charge on any atom is -0.480 e. The summed E-state index contributed by atoms with van der Waals surface area (Å²) in [6.45, 7) is 0.133. The van der Waals surface area contributed by atoms with E-state index in [4.69, 9.17) is 11.2 Å². The molecule has 1 aliphatic carbocycles. The van der Waals surface area contributed by atoms with Crippen LogP contribution in [0.1, 0.15) is 34.7 Å². The molecule has 0 amide bonds. The highest BCUT2D eigenvalue weighted by atomic mass is 32.1. The number of benzene rings is 1. The van der Waals surface area contributed by atoms with Gasteiger partial charge in [-0.1, -0.05) is 24.1 Å². The van der Waals surface area contributed by atoms with Gasteiger partial charge in [0.25, 0.3) is 5.56 Å². The molecule has 1 N–H and O–H groups in total. The predicted octanol–water partition coefficient (Wildman–Crippen LogP) is 3.94. The number of para-hydroxylation sites is 1. The van der Waals surface area contributed by atoms with Gasteiger partial charge in [-0.3, -0.25) is 4.79 Å². The summed E-state index contributed by atoms with van der Waals surface area (Å²) in [5.74, 6) is 3.27. The lowest BCUT2D eigenvalue weighted by atomic mass is 9.97.